The van der Waals surface area contributed by atoms with Crippen molar-refractivity contribution in [3.63, 3.8) is 0 Å². The lowest BCUT2D eigenvalue weighted by Crippen LogP contribution is -2.07. The SMILES string of the molecule is COc1cccc(/C=C2\Oc3cc(OC(=O)c4cc5cc(Cl)ccc5o4)ccc3C2=O)c1. The number of esters is 1. The van der Waals surface area contributed by atoms with Gasteiger partial charge in [-0.3, -0.25) is 4.79 Å². The number of furan rings is 1. The maximum Gasteiger partial charge on any atom is 0.379 e. The highest BCUT2D eigenvalue weighted by molar-refractivity contribution is 6.31. The topological polar surface area (TPSA) is 75.0 Å². The Morgan fingerprint density at radius 1 is 1.00 bits per heavy atom. The molecule has 1 aliphatic heterocycles. The third-order valence-electron chi connectivity index (χ3n) is 4.92. The lowest BCUT2D eigenvalue weighted by atomic mass is 10.1. The second-order valence-electron chi connectivity index (χ2n) is 7.06. The minimum absolute atomic E-state index is 0.0402. The summed E-state index contributed by atoms with van der Waals surface area (Å²) in [6.07, 6.45) is 1.63. The molecule has 0 atom stereocenters. The molecule has 0 radical (unpaired) electrons. The fourth-order valence-corrected chi connectivity index (χ4v) is 3.57. The Morgan fingerprint density at radius 3 is 2.72 bits per heavy atom. The number of rotatable bonds is 4. The second kappa shape index (κ2) is 7.90. The third kappa shape index (κ3) is 3.72. The maximum atomic E-state index is 12.7. The van der Waals surface area contributed by atoms with Crippen LogP contribution in [0.5, 0.6) is 17.2 Å². The average Bonchev–Trinajstić information content (AvgIpc) is 3.34. The van der Waals surface area contributed by atoms with Crippen molar-refractivity contribution in [1.82, 2.24) is 0 Å². The number of halogens is 1. The van der Waals surface area contributed by atoms with E-state index in [1.165, 1.54) is 12.1 Å². The van der Waals surface area contributed by atoms with Gasteiger partial charge in [0.05, 0.1) is 12.7 Å². The fourth-order valence-electron chi connectivity index (χ4n) is 3.39. The van der Waals surface area contributed by atoms with Crippen LogP contribution in [0.4, 0.5) is 0 Å². The zero-order valence-electron chi connectivity index (χ0n) is 16.8. The van der Waals surface area contributed by atoms with Crippen molar-refractivity contribution in [3.05, 3.63) is 94.4 Å². The molecule has 0 spiro atoms. The standard InChI is InChI=1S/C25H15ClO6/c1-29-17-4-2-3-14(9-17)10-22-24(27)19-7-6-18(13-21(19)32-22)30-25(28)23-12-15-11-16(26)5-8-20(15)31-23/h2-13H,1H3/b22-10-. The molecule has 0 N–H and O–H groups in total. The third-order valence-corrected chi connectivity index (χ3v) is 5.16. The van der Waals surface area contributed by atoms with E-state index in [0.29, 0.717) is 33.1 Å². The number of ether oxygens (including phenoxy) is 3. The quantitative estimate of drug-likeness (QED) is 0.220. The lowest BCUT2D eigenvalue weighted by Gasteiger charge is -2.04. The first-order chi connectivity index (χ1) is 15.5. The highest BCUT2D eigenvalue weighted by atomic mass is 35.5. The number of ketones is 1. The summed E-state index contributed by atoms with van der Waals surface area (Å²) < 4.78 is 21.9. The molecule has 0 saturated carbocycles. The maximum absolute atomic E-state index is 12.7. The average molecular weight is 447 g/mol. The van der Waals surface area contributed by atoms with Gasteiger partial charge in [0.15, 0.2) is 5.76 Å². The highest BCUT2D eigenvalue weighted by Gasteiger charge is 2.28. The zero-order valence-corrected chi connectivity index (χ0v) is 17.5. The van der Waals surface area contributed by atoms with Crippen LogP contribution in [0.25, 0.3) is 17.0 Å². The van der Waals surface area contributed by atoms with Crippen molar-refractivity contribution < 1.29 is 28.2 Å². The summed E-state index contributed by atoms with van der Waals surface area (Å²) in [5.41, 5.74) is 1.67. The molecular formula is C25H15ClO6. The molecule has 0 bridgehead atoms. The van der Waals surface area contributed by atoms with Gasteiger partial charge in [0.25, 0.3) is 0 Å². The molecule has 1 aliphatic rings. The van der Waals surface area contributed by atoms with Gasteiger partial charge in [-0.15, -0.1) is 0 Å². The Labute approximate surface area is 187 Å². The van der Waals surface area contributed by atoms with Crippen LogP contribution in [0, 0.1) is 0 Å². The summed E-state index contributed by atoms with van der Waals surface area (Å²) >= 11 is 5.97. The van der Waals surface area contributed by atoms with Crippen LogP contribution in [0.2, 0.25) is 5.02 Å². The lowest BCUT2D eigenvalue weighted by molar-refractivity contribution is 0.0703. The van der Waals surface area contributed by atoms with Gasteiger partial charge < -0.3 is 18.6 Å². The number of benzene rings is 3. The first kappa shape index (κ1) is 19.9. The molecule has 4 aromatic rings. The van der Waals surface area contributed by atoms with Crippen molar-refractivity contribution in [2.75, 3.05) is 7.11 Å². The summed E-state index contributed by atoms with van der Waals surface area (Å²) in [5.74, 6) is 0.491. The number of allylic oxidation sites excluding steroid dienone is 1. The number of hydrogen-bond donors (Lipinski definition) is 0. The molecule has 0 unspecified atom stereocenters. The number of methoxy groups -OCH3 is 1. The molecule has 6 nitrogen and oxygen atoms in total. The molecule has 32 heavy (non-hydrogen) atoms. The molecule has 1 aromatic heterocycles. The van der Waals surface area contributed by atoms with Crippen molar-refractivity contribution >= 4 is 40.4 Å². The van der Waals surface area contributed by atoms with E-state index < -0.39 is 5.97 Å². The molecule has 0 amide bonds. The molecule has 7 heteroatoms. The van der Waals surface area contributed by atoms with E-state index in [-0.39, 0.29) is 23.1 Å². The molecule has 0 saturated heterocycles. The highest BCUT2D eigenvalue weighted by Crippen LogP contribution is 2.35. The fraction of sp³-hybridized carbons (Fsp3) is 0.0400. The predicted molar refractivity (Wildman–Crippen MR) is 119 cm³/mol. The van der Waals surface area contributed by atoms with Gasteiger partial charge >= 0.3 is 5.97 Å². The van der Waals surface area contributed by atoms with E-state index in [0.717, 1.165) is 5.56 Å². The molecule has 3 aromatic carbocycles. The Bertz CT molecular complexity index is 1420. The minimum Gasteiger partial charge on any atom is -0.497 e. The Morgan fingerprint density at radius 2 is 1.88 bits per heavy atom. The summed E-state index contributed by atoms with van der Waals surface area (Å²) in [7, 11) is 1.57. The van der Waals surface area contributed by atoms with E-state index in [9.17, 15) is 9.59 Å². The molecule has 2 heterocycles. The van der Waals surface area contributed by atoms with Gasteiger partial charge in [-0.25, -0.2) is 4.79 Å². The largest absolute Gasteiger partial charge is 0.497 e. The van der Waals surface area contributed by atoms with E-state index in [2.05, 4.69) is 0 Å². The molecule has 158 valence electrons. The minimum atomic E-state index is -0.672. The summed E-state index contributed by atoms with van der Waals surface area (Å²) in [4.78, 5) is 25.2. The van der Waals surface area contributed by atoms with Gasteiger partial charge in [-0.05, 0) is 60.2 Å². The summed E-state index contributed by atoms with van der Waals surface area (Å²) in [5, 5.41) is 1.23. The van der Waals surface area contributed by atoms with Crippen LogP contribution in [-0.2, 0) is 0 Å². The first-order valence-electron chi connectivity index (χ1n) is 9.64. The van der Waals surface area contributed by atoms with Crippen molar-refractivity contribution in [3.8, 4) is 17.2 Å². The van der Waals surface area contributed by atoms with Gasteiger partial charge in [0.1, 0.15) is 22.8 Å². The number of Topliss-reactive ketones (excluding diaryl/α,β-unsaturated/α-hetero) is 1. The van der Waals surface area contributed by atoms with Crippen LogP contribution in [0.15, 0.2) is 76.9 Å². The van der Waals surface area contributed by atoms with Crippen LogP contribution in [0.3, 0.4) is 0 Å². The van der Waals surface area contributed by atoms with Crippen molar-refractivity contribution in [1.29, 1.82) is 0 Å². The molecule has 0 fully saturated rings. The monoisotopic (exact) mass is 446 g/mol. The number of fused-ring (bicyclic) bond motifs is 2. The van der Waals surface area contributed by atoms with Gasteiger partial charge in [-0.1, -0.05) is 23.7 Å². The Balaban J connectivity index is 1.37. The van der Waals surface area contributed by atoms with Crippen LogP contribution >= 0.6 is 11.6 Å². The van der Waals surface area contributed by atoms with Gasteiger partial charge in [0, 0.05) is 16.5 Å². The normalized spacial score (nSPS) is 13.8. The number of carbonyl (C=O) groups excluding carboxylic acids is 2. The molecular weight excluding hydrogens is 432 g/mol. The zero-order chi connectivity index (χ0) is 22.2. The van der Waals surface area contributed by atoms with Crippen LogP contribution in [0.1, 0.15) is 26.5 Å². The van der Waals surface area contributed by atoms with Crippen LogP contribution < -0.4 is 14.2 Å². The van der Waals surface area contributed by atoms with Crippen molar-refractivity contribution in [2.45, 2.75) is 0 Å². The molecule has 5 rings (SSSR count). The van der Waals surface area contributed by atoms with Crippen LogP contribution in [-0.4, -0.2) is 18.9 Å². The van der Waals surface area contributed by atoms with E-state index in [4.69, 9.17) is 30.2 Å². The smallest absolute Gasteiger partial charge is 0.379 e. The van der Waals surface area contributed by atoms with E-state index in [1.54, 1.807) is 49.6 Å². The molecule has 0 aliphatic carbocycles. The Hall–Kier alpha value is -4.03. The second-order valence-corrected chi connectivity index (χ2v) is 7.49. The van der Waals surface area contributed by atoms with Gasteiger partial charge in [0.2, 0.25) is 11.5 Å². The number of hydrogen-bond acceptors (Lipinski definition) is 6. The summed E-state index contributed by atoms with van der Waals surface area (Å²) in [6, 6.07) is 18.5. The van der Waals surface area contributed by atoms with E-state index >= 15 is 0 Å². The van der Waals surface area contributed by atoms with E-state index in [1.807, 2.05) is 18.2 Å². The predicted octanol–water partition coefficient (Wildman–Crippen LogP) is 5.93. The number of carbonyl (C=O) groups is 2. The van der Waals surface area contributed by atoms with Gasteiger partial charge in [-0.2, -0.15) is 0 Å². The summed E-state index contributed by atoms with van der Waals surface area (Å²) in [6.45, 7) is 0. The Kier molecular flexibility index (Phi) is 4.92. The van der Waals surface area contributed by atoms with Crippen molar-refractivity contribution in [2.24, 2.45) is 0 Å². The first-order valence-corrected chi connectivity index (χ1v) is 10.0.